The number of rotatable bonds is 6. The first kappa shape index (κ1) is 19.8. The minimum Gasteiger partial charge on any atom is -0.478 e. The Morgan fingerprint density at radius 2 is 1.97 bits per heavy atom. The van der Waals surface area contributed by atoms with Gasteiger partial charge in [0.1, 0.15) is 17.3 Å². The Balaban J connectivity index is 1.44. The van der Waals surface area contributed by atoms with Gasteiger partial charge in [0.2, 0.25) is 0 Å². The average Bonchev–Trinajstić information content (AvgIpc) is 3.24. The summed E-state index contributed by atoms with van der Waals surface area (Å²) < 4.78 is 25.3. The van der Waals surface area contributed by atoms with Gasteiger partial charge in [-0.3, -0.25) is 4.99 Å². The van der Waals surface area contributed by atoms with Crippen LogP contribution in [0.1, 0.15) is 21.7 Å². The molecule has 3 aromatic rings. The highest BCUT2D eigenvalue weighted by Crippen LogP contribution is 2.24. The maximum atomic E-state index is 14.2. The van der Waals surface area contributed by atoms with Gasteiger partial charge in [0, 0.05) is 18.7 Å². The van der Waals surface area contributed by atoms with E-state index >= 15 is 0 Å². The molecule has 0 spiro atoms. The summed E-state index contributed by atoms with van der Waals surface area (Å²) in [7, 11) is 0. The third-order valence-corrected chi connectivity index (χ3v) is 4.88. The zero-order valence-corrected chi connectivity index (χ0v) is 16.3. The maximum Gasteiger partial charge on any atom is 0.335 e. The Hall–Kier alpha value is -3.45. The number of hydrogen-bond acceptors (Lipinski definition) is 5. The van der Waals surface area contributed by atoms with Gasteiger partial charge in [0.15, 0.2) is 0 Å². The normalized spacial score (nSPS) is 14.4. The summed E-state index contributed by atoms with van der Waals surface area (Å²) in [4.78, 5) is 17.5. The minimum absolute atomic E-state index is 0.200. The molecule has 0 amide bonds. The monoisotopic (exact) mass is 408 g/mol. The highest BCUT2D eigenvalue weighted by atomic mass is 19.1. The lowest BCUT2D eigenvalue weighted by Crippen LogP contribution is -2.36. The van der Waals surface area contributed by atoms with Gasteiger partial charge < -0.3 is 19.2 Å². The molecule has 6 nitrogen and oxygen atoms in total. The minimum atomic E-state index is -0.985. The summed E-state index contributed by atoms with van der Waals surface area (Å²) in [6.07, 6.45) is 1.61. The summed E-state index contributed by atoms with van der Waals surface area (Å²) in [5.74, 6) is -0.109. The van der Waals surface area contributed by atoms with Crippen LogP contribution in [0.3, 0.4) is 0 Å². The molecule has 154 valence electrons. The predicted molar refractivity (Wildman–Crippen MR) is 112 cm³/mol. The van der Waals surface area contributed by atoms with E-state index in [0.29, 0.717) is 55.6 Å². The van der Waals surface area contributed by atoms with Crippen LogP contribution in [0, 0.1) is 5.82 Å². The first-order chi connectivity index (χ1) is 14.6. The van der Waals surface area contributed by atoms with Gasteiger partial charge in [-0.05, 0) is 42.0 Å². The molecule has 1 N–H and O–H groups in total. The fourth-order valence-corrected chi connectivity index (χ4v) is 3.33. The lowest BCUT2D eigenvalue weighted by molar-refractivity contribution is 0.0697. The molecule has 1 aliphatic rings. The summed E-state index contributed by atoms with van der Waals surface area (Å²) in [5.41, 5.74) is 2.36. The zero-order chi connectivity index (χ0) is 20.9. The predicted octanol–water partition coefficient (Wildman–Crippen LogP) is 4.24. The Bertz CT molecular complexity index is 1070. The second-order valence-electron chi connectivity index (χ2n) is 6.94. The zero-order valence-electron chi connectivity index (χ0n) is 16.3. The summed E-state index contributed by atoms with van der Waals surface area (Å²) >= 11 is 0. The topological polar surface area (TPSA) is 75.3 Å². The number of carboxylic acids is 1. The summed E-state index contributed by atoms with van der Waals surface area (Å²) in [5, 5.41) is 9.12. The second-order valence-corrected chi connectivity index (χ2v) is 6.94. The van der Waals surface area contributed by atoms with E-state index in [1.165, 1.54) is 12.1 Å². The smallest absolute Gasteiger partial charge is 0.335 e. The molecule has 0 saturated carbocycles. The van der Waals surface area contributed by atoms with Crippen molar-refractivity contribution in [1.29, 1.82) is 0 Å². The van der Waals surface area contributed by atoms with Crippen LogP contribution in [-0.2, 0) is 11.3 Å². The standard InChI is InChI=1S/C23H21FN2O4/c24-20-6-4-16(12-21(20)26-8-10-29-11-9-26)14-25-15-19-5-7-22(30-19)17-2-1-3-18(13-17)23(27)28/h1-7,12-13,15H,8-11,14H2,(H,27,28). The second kappa shape index (κ2) is 8.92. The van der Waals surface area contributed by atoms with E-state index in [1.807, 2.05) is 11.0 Å². The quantitative estimate of drug-likeness (QED) is 0.618. The van der Waals surface area contributed by atoms with Crippen LogP contribution in [0.4, 0.5) is 10.1 Å². The van der Waals surface area contributed by atoms with Crippen molar-refractivity contribution in [2.24, 2.45) is 4.99 Å². The van der Waals surface area contributed by atoms with Crippen molar-refractivity contribution >= 4 is 17.9 Å². The molecule has 1 saturated heterocycles. The number of halogens is 1. The fourth-order valence-electron chi connectivity index (χ4n) is 3.33. The summed E-state index contributed by atoms with van der Waals surface area (Å²) in [6.45, 7) is 2.92. The van der Waals surface area contributed by atoms with E-state index in [9.17, 15) is 9.18 Å². The lowest BCUT2D eigenvalue weighted by Gasteiger charge is -2.29. The van der Waals surface area contributed by atoms with Crippen molar-refractivity contribution in [3.05, 3.63) is 77.3 Å². The van der Waals surface area contributed by atoms with E-state index < -0.39 is 5.97 Å². The van der Waals surface area contributed by atoms with Crippen LogP contribution in [-0.4, -0.2) is 43.6 Å². The largest absolute Gasteiger partial charge is 0.478 e. The molecule has 0 aliphatic carbocycles. The van der Waals surface area contributed by atoms with Gasteiger partial charge in [-0.15, -0.1) is 0 Å². The number of carbonyl (C=O) groups is 1. The SMILES string of the molecule is O=C(O)c1cccc(-c2ccc(C=NCc3ccc(F)c(N4CCOCC4)c3)o2)c1. The molecule has 1 aliphatic heterocycles. The Labute approximate surface area is 173 Å². The van der Waals surface area contributed by atoms with Gasteiger partial charge >= 0.3 is 5.97 Å². The van der Waals surface area contributed by atoms with Crippen LogP contribution in [0.5, 0.6) is 0 Å². The molecule has 4 rings (SSSR count). The number of furan rings is 1. The van der Waals surface area contributed by atoms with Crippen molar-refractivity contribution in [3.8, 4) is 11.3 Å². The fraction of sp³-hybridized carbons (Fsp3) is 0.217. The summed E-state index contributed by atoms with van der Waals surface area (Å²) in [6, 6.07) is 15.1. The molecule has 1 fully saturated rings. The van der Waals surface area contributed by atoms with Crippen molar-refractivity contribution in [2.45, 2.75) is 6.54 Å². The first-order valence-corrected chi connectivity index (χ1v) is 9.65. The number of aliphatic imine (C=N–C) groups is 1. The maximum absolute atomic E-state index is 14.2. The number of morpholine rings is 1. The molecule has 2 aromatic carbocycles. The van der Waals surface area contributed by atoms with Crippen LogP contribution >= 0.6 is 0 Å². The van der Waals surface area contributed by atoms with Gasteiger partial charge in [-0.25, -0.2) is 9.18 Å². The number of aromatic carboxylic acids is 1. The van der Waals surface area contributed by atoms with E-state index in [1.54, 1.807) is 42.6 Å². The highest BCUT2D eigenvalue weighted by Gasteiger charge is 2.15. The van der Waals surface area contributed by atoms with Crippen molar-refractivity contribution in [3.63, 3.8) is 0 Å². The van der Waals surface area contributed by atoms with Crippen LogP contribution in [0.2, 0.25) is 0 Å². The highest BCUT2D eigenvalue weighted by molar-refractivity contribution is 5.89. The Morgan fingerprint density at radius 1 is 1.13 bits per heavy atom. The third kappa shape index (κ3) is 4.58. The van der Waals surface area contributed by atoms with E-state index in [2.05, 4.69) is 4.99 Å². The molecule has 0 atom stereocenters. The Kier molecular flexibility index (Phi) is 5.90. The molecule has 1 aromatic heterocycles. The molecule has 7 heteroatoms. The van der Waals surface area contributed by atoms with Crippen molar-refractivity contribution < 1.29 is 23.4 Å². The molecule has 0 bridgehead atoms. The molecular formula is C23H21FN2O4. The van der Waals surface area contributed by atoms with Gasteiger partial charge in [0.05, 0.1) is 37.2 Å². The van der Waals surface area contributed by atoms with E-state index in [4.69, 9.17) is 14.3 Å². The number of nitrogens with zero attached hydrogens (tertiary/aromatic N) is 2. The third-order valence-electron chi connectivity index (χ3n) is 4.88. The van der Waals surface area contributed by atoms with Gasteiger partial charge in [-0.1, -0.05) is 18.2 Å². The van der Waals surface area contributed by atoms with Crippen molar-refractivity contribution in [2.75, 3.05) is 31.2 Å². The van der Waals surface area contributed by atoms with E-state index in [0.717, 1.165) is 5.56 Å². The Morgan fingerprint density at radius 3 is 2.77 bits per heavy atom. The van der Waals surface area contributed by atoms with Crippen LogP contribution < -0.4 is 4.90 Å². The molecule has 0 radical (unpaired) electrons. The first-order valence-electron chi connectivity index (χ1n) is 9.65. The number of anilines is 1. The number of ether oxygens (including phenoxy) is 1. The van der Waals surface area contributed by atoms with Crippen molar-refractivity contribution in [1.82, 2.24) is 0 Å². The molecule has 30 heavy (non-hydrogen) atoms. The van der Waals surface area contributed by atoms with Crippen LogP contribution in [0.25, 0.3) is 11.3 Å². The molecule has 2 heterocycles. The number of carboxylic acid groups (broad SMARTS) is 1. The lowest BCUT2D eigenvalue weighted by atomic mass is 10.1. The number of hydrogen-bond donors (Lipinski definition) is 1. The van der Waals surface area contributed by atoms with Crippen LogP contribution in [0.15, 0.2) is 64.0 Å². The van der Waals surface area contributed by atoms with E-state index in [-0.39, 0.29) is 11.4 Å². The molecule has 0 unspecified atom stereocenters. The molecular weight excluding hydrogens is 387 g/mol. The average molecular weight is 408 g/mol. The number of benzene rings is 2. The van der Waals surface area contributed by atoms with Gasteiger partial charge in [-0.2, -0.15) is 0 Å². The van der Waals surface area contributed by atoms with Gasteiger partial charge in [0.25, 0.3) is 0 Å².